The number of nitrogens with zero attached hydrogens (tertiary/aromatic N) is 1. The monoisotopic (exact) mass is 262 g/mol. The predicted molar refractivity (Wildman–Crippen MR) is 80.8 cm³/mol. The standard InChI is InChI=1S/C16H26N2O/c1-12-9-17-10-16(6-7-19)18(11-12)15-5-4-13(2)14(3)8-15/h4-5,8,12,16-17,19H,6-7,9-11H2,1-3H3. The molecule has 0 bridgehead atoms. The second-order valence-corrected chi connectivity index (χ2v) is 5.85. The molecular weight excluding hydrogens is 236 g/mol. The lowest BCUT2D eigenvalue weighted by molar-refractivity contribution is 0.272. The molecule has 1 aromatic rings. The van der Waals surface area contributed by atoms with Crippen LogP contribution in [0.2, 0.25) is 0 Å². The summed E-state index contributed by atoms with van der Waals surface area (Å²) in [5.41, 5.74) is 3.96. The van der Waals surface area contributed by atoms with Crippen molar-refractivity contribution in [2.45, 2.75) is 33.2 Å². The Hall–Kier alpha value is -1.06. The van der Waals surface area contributed by atoms with Gasteiger partial charge in [-0.05, 0) is 56.0 Å². The average Bonchev–Trinajstić information content (AvgIpc) is 2.56. The first kappa shape index (κ1) is 14.4. The summed E-state index contributed by atoms with van der Waals surface area (Å²) >= 11 is 0. The summed E-state index contributed by atoms with van der Waals surface area (Å²) in [5, 5.41) is 12.8. The fraction of sp³-hybridized carbons (Fsp3) is 0.625. The third-order valence-corrected chi connectivity index (χ3v) is 4.11. The number of anilines is 1. The van der Waals surface area contributed by atoms with Crippen molar-refractivity contribution in [1.82, 2.24) is 5.32 Å². The van der Waals surface area contributed by atoms with Gasteiger partial charge in [0.05, 0.1) is 0 Å². The first-order valence-electron chi connectivity index (χ1n) is 7.27. The lowest BCUT2D eigenvalue weighted by atomic mass is 10.1. The molecular formula is C16H26N2O. The highest BCUT2D eigenvalue weighted by molar-refractivity contribution is 5.51. The van der Waals surface area contributed by atoms with Crippen LogP contribution < -0.4 is 10.2 Å². The summed E-state index contributed by atoms with van der Waals surface area (Å²) in [6.07, 6.45) is 0.826. The zero-order chi connectivity index (χ0) is 13.8. The number of aliphatic hydroxyl groups is 1. The van der Waals surface area contributed by atoms with Crippen molar-refractivity contribution in [3.05, 3.63) is 29.3 Å². The van der Waals surface area contributed by atoms with Crippen LogP contribution in [0.5, 0.6) is 0 Å². The molecule has 2 unspecified atom stereocenters. The summed E-state index contributed by atoms with van der Waals surface area (Å²) in [6.45, 7) is 9.92. The van der Waals surface area contributed by atoms with Gasteiger partial charge >= 0.3 is 0 Å². The summed E-state index contributed by atoms with van der Waals surface area (Å²) in [5.74, 6) is 0.630. The van der Waals surface area contributed by atoms with Crippen LogP contribution in [-0.2, 0) is 0 Å². The van der Waals surface area contributed by atoms with Gasteiger partial charge in [0.15, 0.2) is 0 Å². The van der Waals surface area contributed by atoms with Crippen molar-refractivity contribution < 1.29 is 5.11 Å². The Labute approximate surface area is 116 Å². The minimum atomic E-state index is 0.252. The molecule has 1 aliphatic rings. The van der Waals surface area contributed by atoms with E-state index in [0.717, 1.165) is 26.1 Å². The van der Waals surface area contributed by atoms with Crippen molar-refractivity contribution in [3.63, 3.8) is 0 Å². The maximum absolute atomic E-state index is 9.29. The molecule has 1 saturated heterocycles. The number of aliphatic hydroxyl groups excluding tert-OH is 1. The van der Waals surface area contributed by atoms with Crippen LogP contribution in [0.25, 0.3) is 0 Å². The van der Waals surface area contributed by atoms with E-state index in [0.29, 0.717) is 12.0 Å². The predicted octanol–water partition coefficient (Wildman–Crippen LogP) is 2.10. The molecule has 1 aromatic carbocycles. The second-order valence-electron chi connectivity index (χ2n) is 5.85. The van der Waals surface area contributed by atoms with Gasteiger partial charge in [-0.2, -0.15) is 0 Å². The van der Waals surface area contributed by atoms with E-state index in [2.05, 4.69) is 49.2 Å². The number of hydrogen-bond donors (Lipinski definition) is 2. The molecule has 19 heavy (non-hydrogen) atoms. The van der Waals surface area contributed by atoms with Gasteiger partial charge in [-0.3, -0.25) is 0 Å². The number of hydrogen-bond acceptors (Lipinski definition) is 3. The van der Waals surface area contributed by atoms with Gasteiger partial charge in [-0.1, -0.05) is 13.0 Å². The van der Waals surface area contributed by atoms with Crippen LogP contribution in [0.3, 0.4) is 0 Å². The molecule has 1 heterocycles. The van der Waals surface area contributed by atoms with Crippen LogP contribution >= 0.6 is 0 Å². The molecule has 106 valence electrons. The highest BCUT2D eigenvalue weighted by Crippen LogP contribution is 2.24. The minimum Gasteiger partial charge on any atom is -0.396 e. The topological polar surface area (TPSA) is 35.5 Å². The average molecular weight is 262 g/mol. The Kier molecular flexibility index (Phi) is 4.83. The third kappa shape index (κ3) is 3.48. The van der Waals surface area contributed by atoms with Crippen molar-refractivity contribution in [3.8, 4) is 0 Å². The molecule has 3 heteroatoms. The van der Waals surface area contributed by atoms with Gasteiger partial charge in [0.25, 0.3) is 0 Å². The normalized spacial score (nSPS) is 24.3. The van der Waals surface area contributed by atoms with Crippen LogP contribution in [0.15, 0.2) is 18.2 Å². The Balaban J connectivity index is 2.26. The molecule has 2 atom stereocenters. The molecule has 1 aliphatic heterocycles. The summed E-state index contributed by atoms with van der Waals surface area (Å²) in [4.78, 5) is 2.47. The molecule has 0 spiro atoms. The lowest BCUT2D eigenvalue weighted by Crippen LogP contribution is -2.41. The van der Waals surface area contributed by atoms with E-state index in [9.17, 15) is 5.11 Å². The van der Waals surface area contributed by atoms with Gasteiger partial charge in [-0.15, -0.1) is 0 Å². The maximum atomic E-state index is 9.29. The largest absolute Gasteiger partial charge is 0.396 e. The number of rotatable bonds is 3. The molecule has 3 nitrogen and oxygen atoms in total. The fourth-order valence-corrected chi connectivity index (χ4v) is 2.78. The Bertz CT molecular complexity index is 419. The van der Waals surface area contributed by atoms with Crippen LogP contribution in [0, 0.1) is 19.8 Å². The van der Waals surface area contributed by atoms with Crippen LogP contribution in [-0.4, -0.2) is 37.4 Å². The quantitative estimate of drug-likeness (QED) is 0.875. The molecule has 1 fully saturated rings. The van der Waals surface area contributed by atoms with Crippen molar-refractivity contribution >= 4 is 5.69 Å². The molecule has 2 N–H and O–H groups in total. The Morgan fingerprint density at radius 2 is 2.05 bits per heavy atom. The van der Waals surface area contributed by atoms with E-state index < -0.39 is 0 Å². The summed E-state index contributed by atoms with van der Waals surface area (Å²) < 4.78 is 0. The minimum absolute atomic E-state index is 0.252. The van der Waals surface area contributed by atoms with Crippen molar-refractivity contribution in [2.24, 2.45) is 5.92 Å². The van der Waals surface area contributed by atoms with E-state index in [4.69, 9.17) is 0 Å². The van der Waals surface area contributed by atoms with Gasteiger partial charge in [0.2, 0.25) is 0 Å². The molecule has 0 aromatic heterocycles. The SMILES string of the molecule is Cc1ccc(N2CC(C)CNCC2CCO)cc1C. The van der Waals surface area contributed by atoms with Crippen LogP contribution in [0.4, 0.5) is 5.69 Å². The van der Waals surface area contributed by atoms with E-state index in [-0.39, 0.29) is 6.61 Å². The molecule has 0 amide bonds. The van der Waals surface area contributed by atoms with Crippen molar-refractivity contribution in [2.75, 3.05) is 31.1 Å². The van der Waals surface area contributed by atoms with Crippen LogP contribution in [0.1, 0.15) is 24.5 Å². The number of nitrogens with one attached hydrogen (secondary N) is 1. The third-order valence-electron chi connectivity index (χ3n) is 4.11. The highest BCUT2D eigenvalue weighted by Gasteiger charge is 2.23. The first-order chi connectivity index (χ1) is 9.11. The lowest BCUT2D eigenvalue weighted by Gasteiger charge is -2.33. The number of benzene rings is 1. The maximum Gasteiger partial charge on any atom is 0.0451 e. The summed E-state index contributed by atoms with van der Waals surface area (Å²) in [6, 6.07) is 7.07. The van der Waals surface area contributed by atoms with Gasteiger partial charge in [0, 0.05) is 31.4 Å². The fourth-order valence-electron chi connectivity index (χ4n) is 2.78. The van der Waals surface area contributed by atoms with E-state index >= 15 is 0 Å². The first-order valence-corrected chi connectivity index (χ1v) is 7.27. The zero-order valence-corrected chi connectivity index (χ0v) is 12.3. The van der Waals surface area contributed by atoms with E-state index in [1.165, 1.54) is 16.8 Å². The second kappa shape index (κ2) is 6.40. The summed E-state index contributed by atoms with van der Waals surface area (Å²) in [7, 11) is 0. The van der Waals surface area contributed by atoms with Gasteiger partial charge in [0.1, 0.15) is 0 Å². The Morgan fingerprint density at radius 1 is 1.26 bits per heavy atom. The smallest absolute Gasteiger partial charge is 0.0451 e. The van der Waals surface area contributed by atoms with Gasteiger partial charge in [-0.25, -0.2) is 0 Å². The van der Waals surface area contributed by atoms with E-state index in [1.807, 2.05) is 0 Å². The Morgan fingerprint density at radius 3 is 2.74 bits per heavy atom. The molecule has 0 saturated carbocycles. The highest BCUT2D eigenvalue weighted by atomic mass is 16.3. The molecule has 2 rings (SSSR count). The molecule has 0 aliphatic carbocycles. The molecule has 0 radical (unpaired) electrons. The van der Waals surface area contributed by atoms with Gasteiger partial charge < -0.3 is 15.3 Å². The zero-order valence-electron chi connectivity index (χ0n) is 12.3. The van der Waals surface area contributed by atoms with E-state index in [1.54, 1.807) is 0 Å². The number of aryl methyl sites for hydroxylation is 2. The van der Waals surface area contributed by atoms with Crippen molar-refractivity contribution in [1.29, 1.82) is 0 Å².